The zero-order valence-corrected chi connectivity index (χ0v) is 77.4. The fourth-order valence-corrected chi connectivity index (χ4v) is 14.7. The summed E-state index contributed by atoms with van der Waals surface area (Å²) in [6.45, 7) is 34.2. The lowest BCUT2D eigenvalue weighted by atomic mass is 9.70. The van der Waals surface area contributed by atoms with E-state index in [1.807, 2.05) is 111 Å². The third kappa shape index (κ3) is 37.3. The molecule has 3 aliphatic carbocycles. The van der Waals surface area contributed by atoms with Crippen LogP contribution >= 0.6 is 0 Å². The summed E-state index contributed by atoms with van der Waals surface area (Å²) in [6.07, 6.45) is 25.6. The number of hydrogen-bond donors (Lipinski definition) is 0. The third-order valence-electron chi connectivity index (χ3n) is 23.4. The van der Waals surface area contributed by atoms with Crippen molar-refractivity contribution in [2.75, 3.05) is 0 Å². The van der Waals surface area contributed by atoms with Crippen molar-refractivity contribution in [2.45, 2.75) is 194 Å². The molecule has 3 saturated carbocycles. The predicted molar refractivity (Wildman–Crippen MR) is 536 cm³/mol. The number of carbonyl (C=O) groups excluding carboxylic acids is 1. The van der Waals surface area contributed by atoms with E-state index in [0.29, 0.717) is 11.3 Å². The zero-order chi connectivity index (χ0) is 89.1. The first-order chi connectivity index (χ1) is 60.4. The Bertz CT molecular complexity index is 5080. The SMILES string of the molecule is CC1CCC(C2CCC(C)CC2)CC1.Cc1ccc(-c2ccc(C)cc2)cc1.Cc1ccc(/C=C/c2ccc(C)cc2)cc1.Cc1ccc(/C=N/N=C/c2ccc(C)cc2)cc1.Cc1ccc(C#Cc2ccc(C)cc2)cc1.Cc1ccc(C2CCC(C)CC2)cc1.Cc1ccc(N=Nc2ccc(C)cc2)cc1.Cc1ccc(OC(=O)c2ccc(C)cc2)cc1. The first kappa shape index (κ1) is 96.4. The second-order valence-electron chi connectivity index (χ2n) is 35.0. The van der Waals surface area contributed by atoms with Crippen molar-refractivity contribution in [3.8, 4) is 28.7 Å². The largest absolute Gasteiger partial charge is 0.423 e. The van der Waals surface area contributed by atoms with Crippen molar-refractivity contribution in [1.82, 2.24) is 0 Å². The van der Waals surface area contributed by atoms with Gasteiger partial charge in [-0.25, -0.2) is 4.79 Å². The van der Waals surface area contributed by atoms with Crippen LogP contribution in [0, 0.1) is 131 Å². The van der Waals surface area contributed by atoms with Crippen molar-refractivity contribution in [1.29, 1.82) is 0 Å². The number of hydrogen-bond acceptors (Lipinski definition) is 6. The highest BCUT2D eigenvalue weighted by molar-refractivity contribution is 5.91. The van der Waals surface area contributed by atoms with Gasteiger partial charge in [0.2, 0.25) is 0 Å². The van der Waals surface area contributed by atoms with E-state index in [2.05, 4.69) is 335 Å². The van der Waals surface area contributed by atoms with Crippen molar-refractivity contribution in [3.05, 3.63) is 432 Å². The highest BCUT2D eigenvalue weighted by atomic mass is 16.5. The van der Waals surface area contributed by atoms with Crippen LogP contribution in [0.5, 0.6) is 5.75 Å². The minimum atomic E-state index is -0.325. The number of azo groups is 1. The van der Waals surface area contributed by atoms with Crippen LogP contribution in [0.25, 0.3) is 23.3 Å². The number of nitrogens with zero attached hydrogens (tertiary/aromatic N) is 4. The molecule has 16 rings (SSSR count). The van der Waals surface area contributed by atoms with Crippen molar-refractivity contribution >= 4 is 41.9 Å². The average Bonchev–Trinajstić information content (AvgIpc) is 0.878. The lowest BCUT2D eigenvalue weighted by molar-refractivity contribution is 0.0734. The smallest absolute Gasteiger partial charge is 0.343 e. The van der Waals surface area contributed by atoms with Gasteiger partial charge in [-0.3, -0.25) is 0 Å². The summed E-state index contributed by atoms with van der Waals surface area (Å²) in [5.74, 6) is 12.6. The van der Waals surface area contributed by atoms with Crippen LogP contribution in [0.1, 0.15) is 225 Å². The molecule has 0 spiro atoms. The minimum Gasteiger partial charge on any atom is -0.423 e. The van der Waals surface area contributed by atoms with Crippen LogP contribution in [-0.4, -0.2) is 18.4 Å². The molecule has 0 saturated heterocycles. The highest BCUT2D eigenvalue weighted by Gasteiger charge is 2.29. The summed E-state index contributed by atoms with van der Waals surface area (Å²) in [7, 11) is 0. The summed E-state index contributed by atoms with van der Waals surface area (Å²) < 4.78 is 5.26. The predicted octanol–water partition coefficient (Wildman–Crippen LogP) is 33.1. The Morgan fingerprint density at radius 2 is 0.512 bits per heavy atom. The molecule has 3 aliphatic rings. The molecule has 6 nitrogen and oxygen atoms in total. The van der Waals surface area contributed by atoms with E-state index in [0.717, 1.165) is 80.3 Å². The van der Waals surface area contributed by atoms with Gasteiger partial charge in [0.1, 0.15) is 5.75 Å². The van der Waals surface area contributed by atoms with Gasteiger partial charge in [-0.15, -0.1) is 0 Å². The molecule has 6 heteroatoms. The molecule has 13 aromatic carbocycles. The maximum absolute atomic E-state index is 11.8. The van der Waals surface area contributed by atoms with Gasteiger partial charge in [-0.1, -0.05) is 398 Å². The molecule has 0 heterocycles. The topological polar surface area (TPSA) is 75.7 Å². The number of rotatable bonds is 12. The quantitative estimate of drug-likeness (QED) is 0.0232. The molecule has 3 fully saturated rings. The van der Waals surface area contributed by atoms with Gasteiger partial charge in [0, 0.05) is 11.1 Å². The Kier molecular flexibility index (Phi) is 40.3. The summed E-state index contributed by atoms with van der Waals surface area (Å²) >= 11 is 0. The van der Waals surface area contributed by atoms with Crippen LogP contribution in [0.2, 0.25) is 0 Å². The van der Waals surface area contributed by atoms with Gasteiger partial charge < -0.3 is 4.74 Å². The molecule has 0 aromatic heterocycles. The van der Waals surface area contributed by atoms with Crippen LogP contribution in [0.15, 0.2) is 336 Å². The number of ether oxygens (including phenoxy) is 1. The molecule has 0 aliphatic heterocycles. The first-order valence-corrected chi connectivity index (χ1v) is 45.1. The number of esters is 1. The summed E-state index contributed by atoms with van der Waals surface area (Å²) in [5, 5.41) is 16.4. The molecule has 13 aromatic rings. The van der Waals surface area contributed by atoms with E-state index in [1.54, 1.807) is 67.9 Å². The molecular formula is C119H134N4O2. The zero-order valence-electron chi connectivity index (χ0n) is 77.4. The second-order valence-corrected chi connectivity index (χ2v) is 35.0. The van der Waals surface area contributed by atoms with Gasteiger partial charge in [0.15, 0.2) is 0 Å². The standard InChI is InChI=1S/C16H16N2.C16H16.C16H14.C15H14O2.C14H14N2.C14H26.C14H20.C14H14/c1-13-3-7-15(8-4-13)11-17-18-12-16-9-5-14(2)6-10-16;2*1-13-3-7-15(8-4-13)11-12-16-9-5-14(2)6-10-16;1-11-3-7-13(8-4-11)15(16)17-14-9-5-12(2)6-10-14;1-11-3-7-13(8-4-11)15-16-14-9-5-12(2)6-10-14;3*1-11-3-7-13(8-4-11)14-9-5-12(2)6-10-14/h3-12H,1-2H3;3-12H,1-2H3;3-10H,1-2H3;3-10H,1-2H3;3-10H,1-2H3;11-14H,3-10H2,1-2H3;3-4,7-8,12,14H,5-6,9-10H2,1-2H3;3-10H,1-2H3/b17-11+,18-12+;12-11+;;;;;;. The fourth-order valence-electron chi connectivity index (χ4n) is 14.7. The fraction of sp³-hybridized carbons (Fsp3) is 0.286. The molecule has 0 radical (unpaired) electrons. The minimum absolute atomic E-state index is 0.325. The van der Waals surface area contributed by atoms with E-state index in [1.165, 1.54) is 135 Å². The van der Waals surface area contributed by atoms with E-state index < -0.39 is 0 Å². The maximum atomic E-state index is 11.8. The van der Waals surface area contributed by atoms with Gasteiger partial charge >= 0.3 is 5.97 Å². The molecule has 125 heavy (non-hydrogen) atoms. The van der Waals surface area contributed by atoms with Crippen molar-refractivity contribution in [3.63, 3.8) is 0 Å². The highest BCUT2D eigenvalue weighted by Crippen LogP contribution is 2.41. The van der Waals surface area contributed by atoms with E-state index in [4.69, 9.17) is 4.74 Å². The summed E-state index contributed by atoms with van der Waals surface area (Å²) in [5.41, 5.74) is 29.5. The summed E-state index contributed by atoms with van der Waals surface area (Å²) in [6, 6.07) is 107. The molecule has 0 amide bonds. The molecule has 0 unspecified atom stereocenters. The van der Waals surface area contributed by atoms with Gasteiger partial charge in [-0.2, -0.15) is 20.4 Å². The third-order valence-corrected chi connectivity index (χ3v) is 23.4. The lowest BCUT2D eigenvalue weighted by Crippen LogP contribution is -2.24. The molecule has 0 bridgehead atoms. The monoisotopic (exact) mass is 1650 g/mol. The van der Waals surface area contributed by atoms with Gasteiger partial charge in [0.05, 0.1) is 29.4 Å². The maximum Gasteiger partial charge on any atom is 0.343 e. The molecule has 0 atom stereocenters. The average molecular weight is 1650 g/mol. The van der Waals surface area contributed by atoms with E-state index in [-0.39, 0.29) is 5.97 Å². The van der Waals surface area contributed by atoms with Gasteiger partial charge in [0.25, 0.3) is 0 Å². The van der Waals surface area contributed by atoms with Crippen molar-refractivity contribution < 1.29 is 9.53 Å². The van der Waals surface area contributed by atoms with E-state index in [9.17, 15) is 4.79 Å². The Balaban J connectivity index is 0.000000162. The Morgan fingerprint density at radius 3 is 0.816 bits per heavy atom. The van der Waals surface area contributed by atoms with Crippen LogP contribution in [0.3, 0.4) is 0 Å². The van der Waals surface area contributed by atoms with Crippen LogP contribution < -0.4 is 4.74 Å². The number of carbonyl (C=O) groups is 1. The van der Waals surface area contributed by atoms with Crippen LogP contribution in [-0.2, 0) is 0 Å². The Morgan fingerprint density at radius 1 is 0.272 bits per heavy atom. The Hall–Kier alpha value is -12.4. The molecule has 0 N–H and O–H groups in total. The first-order valence-electron chi connectivity index (χ1n) is 45.1. The molecular weight excluding hydrogens is 1520 g/mol. The normalized spacial score (nSPS) is 16.3. The van der Waals surface area contributed by atoms with E-state index >= 15 is 0 Å². The van der Waals surface area contributed by atoms with Crippen molar-refractivity contribution in [2.24, 2.45) is 50.0 Å². The summed E-state index contributed by atoms with van der Waals surface area (Å²) in [4.78, 5) is 11.8. The molecule has 642 valence electrons. The van der Waals surface area contributed by atoms with Crippen LogP contribution in [0.4, 0.5) is 11.4 Å². The number of benzene rings is 13. The Labute approximate surface area is 751 Å². The van der Waals surface area contributed by atoms with Gasteiger partial charge in [-0.05, 0) is 276 Å². The lowest BCUT2D eigenvalue weighted by Gasteiger charge is -2.36. The number of aryl methyl sites for hydroxylation is 13. The second kappa shape index (κ2) is 52.3.